The Hall–Kier alpha value is -1.91. The van der Waals surface area contributed by atoms with E-state index in [9.17, 15) is 15.0 Å². The van der Waals surface area contributed by atoms with Gasteiger partial charge >= 0.3 is 5.97 Å². The van der Waals surface area contributed by atoms with Crippen molar-refractivity contribution in [3.63, 3.8) is 0 Å². The quantitative estimate of drug-likeness (QED) is 0.569. The second-order valence-corrected chi connectivity index (χ2v) is 4.62. The van der Waals surface area contributed by atoms with E-state index in [0.717, 1.165) is 5.56 Å². The highest BCUT2D eigenvalue weighted by Gasteiger charge is 2.08. The topological polar surface area (TPSA) is 66.8 Å². The van der Waals surface area contributed by atoms with Crippen LogP contribution in [0.2, 0.25) is 0 Å². The normalized spacial score (nSPS) is 14.4. The van der Waals surface area contributed by atoms with Gasteiger partial charge in [-0.2, -0.15) is 0 Å². The lowest BCUT2D eigenvalue weighted by atomic mass is 10.1. The highest BCUT2D eigenvalue weighted by atomic mass is 16.5. The molecule has 0 saturated heterocycles. The van der Waals surface area contributed by atoms with Crippen molar-refractivity contribution in [3.05, 3.63) is 54.1 Å². The van der Waals surface area contributed by atoms with Crippen LogP contribution in [0, 0.1) is 0 Å². The Labute approximate surface area is 125 Å². The molecule has 1 aromatic rings. The number of esters is 1. The Balaban J connectivity index is 2.32. The molecule has 0 unspecified atom stereocenters. The summed E-state index contributed by atoms with van der Waals surface area (Å²) < 4.78 is 4.72. The zero-order valence-corrected chi connectivity index (χ0v) is 12.2. The zero-order valence-electron chi connectivity index (χ0n) is 12.2. The predicted molar refractivity (Wildman–Crippen MR) is 82.5 cm³/mol. The lowest BCUT2D eigenvalue weighted by molar-refractivity contribution is -0.137. The summed E-state index contributed by atoms with van der Waals surface area (Å²) in [5, 5.41) is 19.6. The molecule has 2 N–H and O–H groups in total. The Morgan fingerprint density at radius 1 is 1.29 bits per heavy atom. The average molecular weight is 290 g/mol. The number of benzene rings is 1. The van der Waals surface area contributed by atoms with E-state index >= 15 is 0 Å². The minimum absolute atomic E-state index is 0.219. The minimum atomic E-state index is -0.726. The van der Waals surface area contributed by atoms with E-state index in [2.05, 4.69) is 0 Å². The van der Waals surface area contributed by atoms with Gasteiger partial charge in [-0.05, 0) is 18.9 Å². The number of aliphatic hydroxyl groups is 2. The van der Waals surface area contributed by atoms with E-state index in [-0.39, 0.29) is 6.42 Å². The van der Waals surface area contributed by atoms with Crippen LogP contribution in [-0.4, -0.2) is 35.0 Å². The first kappa shape index (κ1) is 17.1. The maximum absolute atomic E-state index is 11.1. The molecule has 1 rings (SSSR count). The van der Waals surface area contributed by atoms with Gasteiger partial charge in [0, 0.05) is 12.5 Å². The molecule has 0 heterocycles. The predicted octanol–water partition coefficient (Wildman–Crippen LogP) is 2.32. The van der Waals surface area contributed by atoms with Crippen molar-refractivity contribution < 1.29 is 19.7 Å². The second kappa shape index (κ2) is 9.91. The Kier molecular flexibility index (Phi) is 8.09. The van der Waals surface area contributed by atoms with Gasteiger partial charge in [0.05, 0.1) is 18.8 Å². The molecule has 0 fully saturated rings. The Morgan fingerprint density at radius 2 is 2.00 bits per heavy atom. The molecule has 2 atom stereocenters. The third-order valence-electron chi connectivity index (χ3n) is 2.77. The van der Waals surface area contributed by atoms with Crippen LogP contribution in [0.3, 0.4) is 0 Å². The van der Waals surface area contributed by atoms with Gasteiger partial charge in [-0.25, -0.2) is 4.79 Å². The molecule has 114 valence electrons. The molecule has 0 amide bonds. The molecule has 21 heavy (non-hydrogen) atoms. The van der Waals surface area contributed by atoms with Crippen LogP contribution < -0.4 is 0 Å². The van der Waals surface area contributed by atoms with E-state index in [1.807, 2.05) is 36.4 Å². The van der Waals surface area contributed by atoms with Gasteiger partial charge in [0.15, 0.2) is 0 Å². The standard InChI is InChI=1S/C17H22O4/c1-2-21-17(20)10-6-9-15(18)13-16(19)12-11-14-7-4-3-5-8-14/h3-8,10-12,15-16,18-19H,2,9,13H2,1H3/b10-6+,12-11+/t15-,16-/m0/s1. The van der Waals surface area contributed by atoms with Crippen LogP contribution in [0.25, 0.3) is 6.08 Å². The van der Waals surface area contributed by atoms with Crippen LogP contribution >= 0.6 is 0 Å². The summed E-state index contributed by atoms with van der Waals surface area (Å²) in [6.45, 7) is 2.06. The van der Waals surface area contributed by atoms with E-state index < -0.39 is 18.2 Å². The number of hydrogen-bond donors (Lipinski definition) is 2. The molecule has 4 heteroatoms. The van der Waals surface area contributed by atoms with Crippen LogP contribution in [0.15, 0.2) is 48.6 Å². The fraction of sp³-hybridized carbons (Fsp3) is 0.353. The van der Waals surface area contributed by atoms with Gasteiger partial charge in [-0.1, -0.05) is 48.6 Å². The smallest absolute Gasteiger partial charge is 0.330 e. The number of carbonyl (C=O) groups excluding carboxylic acids is 1. The fourth-order valence-electron chi connectivity index (χ4n) is 1.75. The first-order chi connectivity index (χ1) is 10.1. The average Bonchev–Trinajstić information content (AvgIpc) is 2.46. The molecule has 0 aliphatic carbocycles. The molecule has 4 nitrogen and oxygen atoms in total. The molecular formula is C17H22O4. The van der Waals surface area contributed by atoms with Gasteiger partial charge in [-0.15, -0.1) is 0 Å². The zero-order chi connectivity index (χ0) is 15.5. The number of ether oxygens (including phenoxy) is 1. The van der Waals surface area contributed by atoms with E-state index in [0.29, 0.717) is 13.0 Å². The molecular weight excluding hydrogens is 268 g/mol. The van der Waals surface area contributed by atoms with Crippen LogP contribution in [0.5, 0.6) is 0 Å². The lowest BCUT2D eigenvalue weighted by Crippen LogP contribution is -2.15. The minimum Gasteiger partial charge on any atom is -0.463 e. The number of rotatable bonds is 8. The Bertz CT molecular complexity index is 465. The first-order valence-corrected chi connectivity index (χ1v) is 7.04. The lowest BCUT2D eigenvalue weighted by Gasteiger charge is -2.10. The molecule has 0 aliphatic heterocycles. The summed E-state index contributed by atoms with van der Waals surface area (Å²) in [4.78, 5) is 11.1. The first-order valence-electron chi connectivity index (χ1n) is 7.04. The van der Waals surface area contributed by atoms with E-state index in [1.165, 1.54) is 6.08 Å². The molecule has 0 spiro atoms. The third kappa shape index (κ3) is 8.07. The van der Waals surface area contributed by atoms with Crippen molar-refractivity contribution in [1.29, 1.82) is 0 Å². The van der Waals surface area contributed by atoms with E-state index in [1.54, 1.807) is 19.1 Å². The largest absolute Gasteiger partial charge is 0.463 e. The second-order valence-electron chi connectivity index (χ2n) is 4.62. The van der Waals surface area contributed by atoms with Crippen LogP contribution in [0.1, 0.15) is 25.3 Å². The van der Waals surface area contributed by atoms with Gasteiger partial charge in [0.25, 0.3) is 0 Å². The van der Waals surface area contributed by atoms with Crippen molar-refractivity contribution in [2.24, 2.45) is 0 Å². The molecule has 0 bridgehead atoms. The molecule has 1 aromatic carbocycles. The summed E-state index contributed by atoms with van der Waals surface area (Å²) in [6.07, 6.45) is 5.39. The van der Waals surface area contributed by atoms with E-state index in [4.69, 9.17) is 4.74 Å². The summed E-state index contributed by atoms with van der Waals surface area (Å²) in [7, 11) is 0. The molecule has 0 aromatic heterocycles. The number of hydrogen-bond acceptors (Lipinski definition) is 4. The molecule has 0 saturated carbocycles. The van der Waals surface area contributed by atoms with Gasteiger partial charge in [-0.3, -0.25) is 0 Å². The molecule has 0 aliphatic rings. The SMILES string of the molecule is CCOC(=O)/C=C/C[C@H](O)C[C@@H](O)/C=C/c1ccccc1. The number of carbonyl (C=O) groups is 1. The van der Waals surface area contributed by atoms with Crippen molar-refractivity contribution in [2.45, 2.75) is 32.0 Å². The molecule has 0 radical (unpaired) electrons. The van der Waals surface area contributed by atoms with Crippen molar-refractivity contribution >= 4 is 12.0 Å². The van der Waals surface area contributed by atoms with Crippen molar-refractivity contribution in [2.75, 3.05) is 6.61 Å². The van der Waals surface area contributed by atoms with Gasteiger partial charge < -0.3 is 14.9 Å². The van der Waals surface area contributed by atoms with Crippen molar-refractivity contribution in [3.8, 4) is 0 Å². The van der Waals surface area contributed by atoms with Gasteiger partial charge in [0.2, 0.25) is 0 Å². The summed E-state index contributed by atoms with van der Waals surface area (Å²) in [6, 6.07) is 9.62. The maximum atomic E-state index is 11.1. The fourth-order valence-corrected chi connectivity index (χ4v) is 1.75. The summed E-state index contributed by atoms with van der Waals surface area (Å²) >= 11 is 0. The van der Waals surface area contributed by atoms with Crippen LogP contribution in [-0.2, 0) is 9.53 Å². The maximum Gasteiger partial charge on any atom is 0.330 e. The van der Waals surface area contributed by atoms with Crippen LogP contribution in [0.4, 0.5) is 0 Å². The summed E-state index contributed by atoms with van der Waals surface area (Å²) in [5.41, 5.74) is 0.994. The third-order valence-corrected chi connectivity index (χ3v) is 2.77. The van der Waals surface area contributed by atoms with Gasteiger partial charge in [0.1, 0.15) is 0 Å². The monoisotopic (exact) mass is 290 g/mol. The summed E-state index contributed by atoms with van der Waals surface area (Å²) in [5.74, 6) is -0.422. The highest BCUT2D eigenvalue weighted by molar-refractivity contribution is 5.81. The number of aliphatic hydroxyl groups excluding tert-OH is 2. The Morgan fingerprint density at radius 3 is 2.67 bits per heavy atom. The highest BCUT2D eigenvalue weighted by Crippen LogP contribution is 2.08. The van der Waals surface area contributed by atoms with Crippen molar-refractivity contribution in [1.82, 2.24) is 0 Å².